The van der Waals surface area contributed by atoms with Crippen LogP contribution in [0.2, 0.25) is 5.02 Å². The fourth-order valence-electron chi connectivity index (χ4n) is 1.08. The molecular formula is C10H15ClN2O2. The number of aromatic nitrogens is 1. The summed E-state index contributed by atoms with van der Waals surface area (Å²) in [6.07, 6.45) is 2.20. The monoisotopic (exact) mass is 230 g/mol. The zero-order valence-electron chi connectivity index (χ0n) is 8.80. The highest BCUT2D eigenvalue weighted by atomic mass is 35.5. The van der Waals surface area contributed by atoms with Crippen molar-refractivity contribution in [2.75, 3.05) is 6.61 Å². The molecule has 0 aliphatic rings. The summed E-state index contributed by atoms with van der Waals surface area (Å²) < 4.78 is 0. The van der Waals surface area contributed by atoms with Gasteiger partial charge in [-0.15, -0.1) is 0 Å². The van der Waals surface area contributed by atoms with Crippen LogP contribution in [0.5, 0.6) is 0 Å². The minimum absolute atomic E-state index is 0.0936. The molecule has 1 unspecified atom stereocenters. The van der Waals surface area contributed by atoms with Gasteiger partial charge in [0.05, 0.1) is 17.2 Å². The van der Waals surface area contributed by atoms with Gasteiger partial charge in [-0.3, -0.25) is 4.79 Å². The first kappa shape index (κ1) is 12.1. The third kappa shape index (κ3) is 2.97. The van der Waals surface area contributed by atoms with Gasteiger partial charge in [0.1, 0.15) is 5.69 Å². The average molecular weight is 231 g/mol. The Bertz CT molecular complexity index is 345. The molecule has 0 radical (unpaired) electrons. The van der Waals surface area contributed by atoms with Crippen LogP contribution in [0.1, 0.15) is 30.8 Å². The second-order valence-corrected chi connectivity index (χ2v) is 4.19. The number of hydrogen-bond acceptors (Lipinski definition) is 2. The van der Waals surface area contributed by atoms with Gasteiger partial charge in [0.15, 0.2) is 0 Å². The number of halogens is 1. The van der Waals surface area contributed by atoms with Crippen molar-refractivity contribution in [3.8, 4) is 0 Å². The van der Waals surface area contributed by atoms with Gasteiger partial charge >= 0.3 is 0 Å². The summed E-state index contributed by atoms with van der Waals surface area (Å²) in [6.45, 7) is 3.59. The minimum Gasteiger partial charge on any atom is -0.394 e. The second-order valence-electron chi connectivity index (χ2n) is 3.76. The van der Waals surface area contributed by atoms with Crippen molar-refractivity contribution in [2.24, 2.45) is 0 Å². The van der Waals surface area contributed by atoms with Crippen molar-refractivity contribution in [3.05, 3.63) is 23.0 Å². The Balaban J connectivity index is 2.71. The van der Waals surface area contributed by atoms with E-state index in [9.17, 15) is 4.79 Å². The number of aliphatic hydroxyl groups is 1. The molecule has 1 atom stereocenters. The van der Waals surface area contributed by atoms with Crippen molar-refractivity contribution in [3.63, 3.8) is 0 Å². The van der Waals surface area contributed by atoms with Gasteiger partial charge < -0.3 is 15.4 Å². The second kappa shape index (κ2) is 4.68. The molecule has 15 heavy (non-hydrogen) atoms. The zero-order chi connectivity index (χ0) is 11.5. The van der Waals surface area contributed by atoms with Crippen LogP contribution < -0.4 is 5.32 Å². The Morgan fingerprint density at radius 3 is 2.80 bits per heavy atom. The Kier molecular flexibility index (Phi) is 3.77. The van der Waals surface area contributed by atoms with Crippen molar-refractivity contribution in [2.45, 2.75) is 25.8 Å². The largest absolute Gasteiger partial charge is 0.394 e. The van der Waals surface area contributed by atoms with Gasteiger partial charge in [-0.1, -0.05) is 18.5 Å². The van der Waals surface area contributed by atoms with Crippen LogP contribution in [0.4, 0.5) is 0 Å². The van der Waals surface area contributed by atoms with Crippen molar-refractivity contribution in [1.82, 2.24) is 10.3 Å². The van der Waals surface area contributed by atoms with Crippen LogP contribution in [0.25, 0.3) is 0 Å². The highest BCUT2D eigenvalue weighted by molar-refractivity contribution is 6.30. The summed E-state index contributed by atoms with van der Waals surface area (Å²) in [5, 5.41) is 12.4. The average Bonchev–Trinajstić information content (AvgIpc) is 2.65. The first-order valence-corrected chi connectivity index (χ1v) is 5.16. The predicted octanol–water partition coefficient (Wildman–Crippen LogP) is 1.56. The topological polar surface area (TPSA) is 65.1 Å². The SMILES string of the molecule is CCC(C)(CO)NC(=O)c1cc(Cl)c[nH]1. The molecule has 0 saturated heterocycles. The highest BCUT2D eigenvalue weighted by Gasteiger charge is 2.24. The van der Waals surface area contributed by atoms with Crippen molar-refractivity contribution in [1.29, 1.82) is 0 Å². The van der Waals surface area contributed by atoms with Crippen LogP contribution >= 0.6 is 11.6 Å². The summed E-state index contributed by atoms with van der Waals surface area (Å²) in [4.78, 5) is 14.4. The van der Waals surface area contributed by atoms with Gasteiger partial charge in [0, 0.05) is 6.20 Å². The molecule has 0 aliphatic carbocycles. The number of aromatic amines is 1. The van der Waals surface area contributed by atoms with Crippen LogP contribution in [0.15, 0.2) is 12.3 Å². The summed E-state index contributed by atoms with van der Waals surface area (Å²) in [6, 6.07) is 1.55. The fraction of sp³-hybridized carbons (Fsp3) is 0.500. The number of carbonyl (C=O) groups excluding carboxylic acids is 1. The van der Waals surface area contributed by atoms with Crippen LogP contribution in [-0.2, 0) is 0 Å². The summed E-state index contributed by atoms with van der Waals surface area (Å²) in [5.41, 5.74) is -0.192. The van der Waals surface area contributed by atoms with Crippen molar-refractivity contribution >= 4 is 17.5 Å². The lowest BCUT2D eigenvalue weighted by atomic mass is 10.0. The number of nitrogens with one attached hydrogen (secondary N) is 2. The summed E-state index contributed by atoms with van der Waals surface area (Å²) in [7, 11) is 0. The smallest absolute Gasteiger partial charge is 0.268 e. The first-order valence-electron chi connectivity index (χ1n) is 4.78. The molecule has 1 aromatic rings. The van der Waals surface area contributed by atoms with Gasteiger partial charge in [0.25, 0.3) is 5.91 Å². The number of H-pyrrole nitrogens is 1. The molecule has 0 fully saturated rings. The quantitative estimate of drug-likeness (QED) is 0.735. The molecule has 84 valence electrons. The first-order chi connectivity index (χ1) is 7.00. The van der Waals surface area contributed by atoms with E-state index in [1.807, 2.05) is 6.92 Å². The lowest BCUT2D eigenvalue weighted by Crippen LogP contribution is -2.48. The lowest BCUT2D eigenvalue weighted by Gasteiger charge is -2.26. The van der Waals surface area contributed by atoms with Crippen LogP contribution in [-0.4, -0.2) is 28.1 Å². The highest BCUT2D eigenvalue weighted by Crippen LogP contribution is 2.12. The lowest BCUT2D eigenvalue weighted by molar-refractivity contribution is 0.0843. The standard InChI is InChI=1S/C10H15ClN2O2/c1-3-10(2,6-14)13-9(15)8-4-7(11)5-12-8/h4-5,12,14H,3,6H2,1-2H3,(H,13,15). The summed E-state index contributed by atoms with van der Waals surface area (Å²) in [5.74, 6) is -0.264. The van der Waals surface area contributed by atoms with Gasteiger partial charge in [-0.25, -0.2) is 0 Å². The van der Waals surface area contributed by atoms with Gasteiger partial charge in [-0.05, 0) is 19.4 Å². The van der Waals surface area contributed by atoms with Gasteiger partial charge in [-0.2, -0.15) is 0 Å². The molecule has 1 heterocycles. The number of carbonyl (C=O) groups is 1. The molecule has 1 amide bonds. The Morgan fingerprint density at radius 2 is 2.40 bits per heavy atom. The minimum atomic E-state index is -0.589. The maximum atomic E-state index is 11.7. The number of amides is 1. The van der Waals surface area contributed by atoms with E-state index >= 15 is 0 Å². The van der Waals surface area contributed by atoms with E-state index in [0.29, 0.717) is 17.1 Å². The third-order valence-electron chi connectivity index (χ3n) is 2.44. The molecule has 1 rings (SSSR count). The van der Waals surface area contributed by atoms with Crippen LogP contribution in [0, 0.1) is 0 Å². The molecule has 4 nitrogen and oxygen atoms in total. The molecule has 0 aliphatic heterocycles. The van der Waals surface area contributed by atoms with Crippen molar-refractivity contribution < 1.29 is 9.90 Å². The summed E-state index contributed by atoms with van der Waals surface area (Å²) >= 11 is 5.68. The maximum absolute atomic E-state index is 11.7. The van der Waals surface area contributed by atoms with E-state index in [-0.39, 0.29) is 12.5 Å². The van der Waals surface area contributed by atoms with Gasteiger partial charge in [0.2, 0.25) is 0 Å². The molecule has 0 bridgehead atoms. The van der Waals surface area contributed by atoms with E-state index in [1.165, 1.54) is 0 Å². The van der Waals surface area contributed by atoms with E-state index in [1.54, 1.807) is 19.2 Å². The molecule has 1 aromatic heterocycles. The molecule has 0 aromatic carbocycles. The molecular weight excluding hydrogens is 216 g/mol. The van der Waals surface area contributed by atoms with E-state index < -0.39 is 5.54 Å². The maximum Gasteiger partial charge on any atom is 0.268 e. The molecule has 0 saturated carbocycles. The fourth-order valence-corrected chi connectivity index (χ4v) is 1.24. The Hall–Kier alpha value is -1.00. The van der Waals surface area contributed by atoms with E-state index in [2.05, 4.69) is 10.3 Å². The molecule has 3 N–H and O–H groups in total. The Labute approximate surface area is 93.6 Å². The number of hydrogen-bond donors (Lipinski definition) is 3. The third-order valence-corrected chi connectivity index (χ3v) is 2.66. The number of aliphatic hydroxyl groups excluding tert-OH is 1. The molecule has 0 spiro atoms. The molecule has 5 heteroatoms. The normalized spacial score (nSPS) is 14.7. The Morgan fingerprint density at radius 1 is 1.73 bits per heavy atom. The number of rotatable bonds is 4. The van der Waals surface area contributed by atoms with E-state index in [0.717, 1.165) is 0 Å². The predicted molar refractivity (Wildman–Crippen MR) is 59.1 cm³/mol. The van der Waals surface area contributed by atoms with E-state index in [4.69, 9.17) is 16.7 Å². The van der Waals surface area contributed by atoms with Crippen LogP contribution in [0.3, 0.4) is 0 Å². The zero-order valence-corrected chi connectivity index (χ0v) is 9.56.